The van der Waals surface area contributed by atoms with Crippen molar-refractivity contribution in [3.63, 3.8) is 0 Å². The van der Waals surface area contributed by atoms with Crippen LogP contribution in [0.25, 0.3) is 22.3 Å². The first-order valence-corrected chi connectivity index (χ1v) is 25.0. The fourth-order valence-corrected chi connectivity index (χ4v) is 11.9. The average Bonchev–Trinajstić information content (AvgIpc) is 3.45. The van der Waals surface area contributed by atoms with Crippen LogP contribution < -0.4 is 26.2 Å². The molecule has 0 saturated heterocycles. The van der Waals surface area contributed by atoms with E-state index in [9.17, 15) is 0 Å². The number of anilines is 6. The fourth-order valence-electron chi connectivity index (χ4n) is 11.9. The van der Waals surface area contributed by atoms with Gasteiger partial charge in [-0.1, -0.05) is 195 Å². The van der Waals surface area contributed by atoms with E-state index in [0.717, 1.165) is 6.42 Å². The van der Waals surface area contributed by atoms with Crippen LogP contribution in [0.3, 0.4) is 0 Å². The normalized spacial score (nSPS) is 15.9. The Morgan fingerprint density at radius 1 is 0.463 bits per heavy atom. The maximum atomic E-state index is 2.74. The van der Waals surface area contributed by atoms with Crippen molar-refractivity contribution in [3.8, 4) is 22.3 Å². The Hall–Kier alpha value is -5.80. The van der Waals surface area contributed by atoms with Crippen LogP contribution in [0.5, 0.6) is 0 Å². The van der Waals surface area contributed by atoms with Crippen molar-refractivity contribution in [2.24, 2.45) is 0 Å². The summed E-state index contributed by atoms with van der Waals surface area (Å²) in [4.78, 5) is 5.39. The SMILES string of the molecule is CC(C)c1cc2c3c(c1)N(c1c(-c4ccccc4)cc(C(C)(C)C)cc1-c1ccccc1)c1cc4c(cc1B3c1ccc(C(C)(C)C)cc1N2c1cccc(C(C)(C)C)c1)C(C)(C)CC4(C)C. The van der Waals surface area contributed by atoms with Gasteiger partial charge >= 0.3 is 0 Å². The molecule has 0 fully saturated rings. The maximum absolute atomic E-state index is 2.74. The van der Waals surface area contributed by atoms with Crippen LogP contribution >= 0.6 is 0 Å². The van der Waals surface area contributed by atoms with Crippen LogP contribution in [0.15, 0.2) is 140 Å². The number of fused-ring (bicyclic) bond motifs is 5. The van der Waals surface area contributed by atoms with Crippen LogP contribution in [-0.2, 0) is 27.1 Å². The van der Waals surface area contributed by atoms with Crippen LogP contribution in [0.1, 0.15) is 150 Å². The first kappa shape index (κ1) is 45.0. The highest BCUT2D eigenvalue weighted by atomic mass is 15.2. The van der Waals surface area contributed by atoms with Gasteiger partial charge in [-0.3, -0.25) is 0 Å². The highest BCUT2D eigenvalue weighted by Gasteiger charge is 2.49. The third-order valence-corrected chi connectivity index (χ3v) is 15.4. The van der Waals surface area contributed by atoms with Gasteiger partial charge in [0.25, 0.3) is 6.71 Å². The second kappa shape index (κ2) is 15.4. The predicted octanol–water partition coefficient (Wildman–Crippen LogP) is 16.1. The summed E-state index contributed by atoms with van der Waals surface area (Å²) in [6, 6.07) is 54.7. The van der Waals surface area contributed by atoms with E-state index in [2.05, 4.69) is 253 Å². The Labute approximate surface area is 403 Å². The maximum Gasteiger partial charge on any atom is 0.252 e. The van der Waals surface area contributed by atoms with E-state index >= 15 is 0 Å². The molecule has 0 aromatic heterocycles. The van der Waals surface area contributed by atoms with Crippen molar-refractivity contribution in [2.75, 3.05) is 9.80 Å². The molecule has 7 aromatic carbocycles. The summed E-state index contributed by atoms with van der Waals surface area (Å²) in [5.74, 6) is 0.290. The third kappa shape index (κ3) is 7.47. The van der Waals surface area contributed by atoms with Crippen molar-refractivity contribution in [1.29, 1.82) is 0 Å². The van der Waals surface area contributed by atoms with Crippen molar-refractivity contribution < 1.29 is 0 Å². The van der Waals surface area contributed by atoms with E-state index in [-0.39, 0.29) is 33.8 Å². The lowest BCUT2D eigenvalue weighted by atomic mass is 9.33. The Morgan fingerprint density at radius 3 is 1.51 bits per heavy atom. The van der Waals surface area contributed by atoms with E-state index in [1.807, 2.05) is 0 Å². The summed E-state index contributed by atoms with van der Waals surface area (Å²) in [6.07, 6.45) is 1.10. The molecule has 2 nitrogen and oxygen atoms in total. The number of benzene rings is 7. The molecule has 0 spiro atoms. The van der Waals surface area contributed by atoms with Gasteiger partial charge in [0.1, 0.15) is 0 Å². The molecule has 0 saturated carbocycles. The lowest BCUT2D eigenvalue weighted by Crippen LogP contribution is -2.61. The van der Waals surface area contributed by atoms with Crippen LogP contribution in [-0.4, -0.2) is 6.71 Å². The third-order valence-electron chi connectivity index (χ3n) is 15.4. The smallest absolute Gasteiger partial charge is 0.252 e. The zero-order valence-corrected chi connectivity index (χ0v) is 43.0. The first-order chi connectivity index (χ1) is 31.4. The zero-order valence-electron chi connectivity index (χ0n) is 43.0. The molecule has 340 valence electrons. The standard InChI is InChI=1S/C64H71BN2/c1-40(2)43-31-56-58-57(32-43)67(59-48(41-23-18-16-19-24-41)34-46(62(9,10)11)35-49(59)42-25-20-17-21-26-42)55-38-51-50(63(12,13)39-64(51,14)15)37-53(55)65(58)52-30-29-45(61(6,7)8)36-54(52)66(56)47-28-22-27-44(33-47)60(3,4)5/h16-38,40H,39H2,1-15H3. The molecule has 7 aromatic rings. The van der Waals surface area contributed by atoms with Crippen LogP contribution in [0, 0.1) is 0 Å². The second-order valence-corrected chi connectivity index (χ2v) is 24.9. The molecule has 0 atom stereocenters. The summed E-state index contributed by atoms with van der Waals surface area (Å²) in [6.45, 7) is 35.8. The number of hydrogen-bond donors (Lipinski definition) is 0. The predicted molar refractivity (Wildman–Crippen MR) is 292 cm³/mol. The van der Waals surface area contributed by atoms with E-state index < -0.39 is 0 Å². The summed E-state index contributed by atoms with van der Waals surface area (Å²) in [5.41, 5.74) is 24.9. The van der Waals surface area contributed by atoms with Gasteiger partial charge in [-0.15, -0.1) is 0 Å². The highest BCUT2D eigenvalue weighted by molar-refractivity contribution is 7.00. The topological polar surface area (TPSA) is 6.48 Å². The van der Waals surface area contributed by atoms with Gasteiger partial charge in [-0.25, -0.2) is 0 Å². The largest absolute Gasteiger partial charge is 0.311 e. The average molecular weight is 879 g/mol. The molecule has 0 N–H and O–H groups in total. The first-order valence-electron chi connectivity index (χ1n) is 25.0. The van der Waals surface area contributed by atoms with E-state index in [0.29, 0.717) is 5.92 Å². The molecule has 10 rings (SSSR count). The van der Waals surface area contributed by atoms with Gasteiger partial charge in [-0.2, -0.15) is 0 Å². The molecular formula is C64H71BN2. The summed E-state index contributed by atoms with van der Waals surface area (Å²) < 4.78 is 0. The minimum Gasteiger partial charge on any atom is -0.311 e. The summed E-state index contributed by atoms with van der Waals surface area (Å²) >= 11 is 0. The van der Waals surface area contributed by atoms with Gasteiger partial charge in [0.05, 0.1) is 5.69 Å². The molecule has 1 aliphatic carbocycles. The Bertz CT molecular complexity index is 3020. The summed E-state index contributed by atoms with van der Waals surface area (Å²) in [7, 11) is 0. The zero-order chi connectivity index (χ0) is 47.7. The lowest BCUT2D eigenvalue weighted by Gasteiger charge is -2.46. The number of nitrogens with zero attached hydrogens (tertiary/aromatic N) is 2. The van der Waals surface area contributed by atoms with Crippen molar-refractivity contribution in [3.05, 3.63) is 173 Å². The summed E-state index contributed by atoms with van der Waals surface area (Å²) in [5, 5.41) is 0. The van der Waals surface area contributed by atoms with E-state index in [4.69, 9.17) is 0 Å². The Kier molecular flexibility index (Phi) is 10.3. The number of hydrogen-bond acceptors (Lipinski definition) is 2. The van der Waals surface area contributed by atoms with Gasteiger partial charge < -0.3 is 9.80 Å². The van der Waals surface area contributed by atoms with E-state index in [1.54, 1.807) is 0 Å². The molecular weight excluding hydrogens is 808 g/mol. The van der Waals surface area contributed by atoms with Gasteiger partial charge in [0.15, 0.2) is 0 Å². The minimum atomic E-state index is -0.0820. The molecule has 0 radical (unpaired) electrons. The van der Waals surface area contributed by atoms with Crippen molar-refractivity contribution in [2.45, 2.75) is 143 Å². The highest BCUT2D eigenvalue weighted by Crippen LogP contribution is 2.55. The fraction of sp³-hybridized carbons (Fsp3) is 0.344. The molecule has 3 heteroatoms. The van der Waals surface area contributed by atoms with Gasteiger partial charge in [-0.05, 0) is 149 Å². The van der Waals surface area contributed by atoms with Crippen LogP contribution in [0.2, 0.25) is 0 Å². The molecule has 2 aliphatic heterocycles. The molecule has 67 heavy (non-hydrogen) atoms. The minimum absolute atomic E-state index is 0.00627. The monoisotopic (exact) mass is 879 g/mol. The van der Waals surface area contributed by atoms with Crippen molar-refractivity contribution in [1.82, 2.24) is 0 Å². The second-order valence-electron chi connectivity index (χ2n) is 24.9. The Balaban J connectivity index is 1.42. The molecule has 2 heterocycles. The number of rotatable bonds is 5. The van der Waals surface area contributed by atoms with Gasteiger partial charge in [0.2, 0.25) is 0 Å². The van der Waals surface area contributed by atoms with Gasteiger partial charge in [0, 0.05) is 39.6 Å². The molecule has 0 unspecified atom stereocenters. The van der Waals surface area contributed by atoms with E-state index in [1.165, 1.54) is 106 Å². The molecule has 3 aliphatic rings. The quantitative estimate of drug-likeness (QED) is 0.159. The van der Waals surface area contributed by atoms with Crippen molar-refractivity contribution >= 4 is 57.2 Å². The lowest BCUT2D eigenvalue weighted by molar-refractivity contribution is 0.403. The molecule has 0 bridgehead atoms. The Morgan fingerprint density at radius 2 is 0.970 bits per heavy atom. The molecule has 0 amide bonds. The van der Waals surface area contributed by atoms with Crippen LogP contribution in [0.4, 0.5) is 34.1 Å².